The van der Waals surface area contributed by atoms with Gasteiger partial charge in [0.05, 0.1) is 10.6 Å². The fourth-order valence-corrected chi connectivity index (χ4v) is 2.34. The van der Waals surface area contributed by atoms with Gasteiger partial charge in [-0.15, -0.1) is 0 Å². The summed E-state index contributed by atoms with van der Waals surface area (Å²) in [6.45, 7) is 3.57. The minimum absolute atomic E-state index is 0.120. The fourth-order valence-electron chi connectivity index (χ4n) is 1.61. The van der Waals surface area contributed by atoms with Crippen LogP contribution in [0.15, 0.2) is 12.3 Å². The van der Waals surface area contributed by atoms with Crippen molar-refractivity contribution in [3.8, 4) is 0 Å². The Balaban J connectivity index is 2.46. The Morgan fingerprint density at radius 1 is 1.40 bits per heavy atom. The maximum Gasteiger partial charge on any atom is 0.252 e. The second-order valence-corrected chi connectivity index (χ2v) is 5.83. The number of rotatable bonds is 9. The van der Waals surface area contributed by atoms with Crippen LogP contribution in [0.1, 0.15) is 36.5 Å². The van der Waals surface area contributed by atoms with Crippen LogP contribution in [0.2, 0.25) is 5.02 Å². The van der Waals surface area contributed by atoms with Crippen LogP contribution in [0.5, 0.6) is 0 Å². The highest BCUT2D eigenvalue weighted by Gasteiger charge is 2.09. The van der Waals surface area contributed by atoms with Crippen LogP contribution in [0.4, 0.5) is 5.82 Å². The van der Waals surface area contributed by atoms with Crippen molar-refractivity contribution in [2.24, 2.45) is 0 Å². The number of aromatic nitrogens is 1. The van der Waals surface area contributed by atoms with Gasteiger partial charge in [0.25, 0.3) is 5.91 Å². The van der Waals surface area contributed by atoms with E-state index < -0.39 is 0 Å². The van der Waals surface area contributed by atoms with Gasteiger partial charge in [-0.25, -0.2) is 4.98 Å². The lowest BCUT2D eigenvalue weighted by Crippen LogP contribution is -2.24. The first-order valence-corrected chi connectivity index (χ1v) is 8.62. The van der Waals surface area contributed by atoms with E-state index in [1.54, 1.807) is 12.3 Å². The highest BCUT2D eigenvalue weighted by molar-refractivity contribution is 7.98. The van der Waals surface area contributed by atoms with Crippen LogP contribution in [-0.2, 0) is 0 Å². The van der Waals surface area contributed by atoms with Crippen LogP contribution in [-0.4, -0.2) is 36.0 Å². The van der Waals surface area contributed by atoms with Crippen LogP contribution < -0.4 is 10.6 Å². The number of hydrogen-bond acceptors (Lipinski definition) is 4. The van der Waals surface area contributed by atoms with Gasteiger partial charge in [-0.1, -0.05) is 18.5 Å². The van der Waals surface area contributed by atoms with E-state index in [-0.39, 0.29) is 5.91 Å². The molecule has 0 aromatic carbocycles. The molecular formula is C14H22ClN3OS. The number of carbonyl (C=O) groups is 1. The molecule has 0 aliphatic rings. The summed E-state index contributed by atoms with van der Waals surface area (Å²) in [5, 5.41) is 6.48. The van der Waals surface area contributed by atoms with Gasteiger partial charge >= 0.3 is 0 Å². The maximum atomic E-state index is 11.9. The van der Waals surface area contributed by atoms with E-state index in [0.29, 0.717) is 22.9 Å². The molecule has 112 valence electrons. The lowest BCUT2D eigenvalue weighted by Gasteiger charge is -2.08. The maximum absolute atomic E-state index is 11.9. The average molecular weight is 316 g/mol. The molecule has 0 saturated heterocycles. The van der Waals surface area contributed by atoms with Gasteiger partial charge in [-0.05, 0) is 37.3 Å². The SMILES string of the molecule is CCCNc1ncc(C(=O)NCCCCSC)cc1Cl. The number of pyridine rings is 1. The number of amides is 1. The smallest absolute Gasteiger partial charge is 0.252 e. The molecule has 1 rings (SSSR count). The summed E-state index contributed by atoms with van der Waals surface area (Å²) in [6.07, 6.45) is 6.74. The van der Waals surface area contributed by atoms with Crippen LogP contribution in [0.25, 0.3) is 0 Å². The van der Waals surface area contributed by atoms with Gasteiger partial charge in [0, 0.05) is 19.3 Å². The number of nitrogens with zero attached hydrogens (tertiary/aromatic N) is 1. The largest absolute Gasteiger partial charge is 0.369 e. The average Bonchev–Trinajstić information content (AvgIpc) is 2.45. The molecule has 0 fully saturated rings. The summed E-state index contributed by atoms with van der Waals surface area (Å²) in [5.41, 5.74) is 0.502. The van der Waals surface area contributed by atoms with Crippen molar-refractivity contribution in [3.05, 3.63) is 22.8 Å². The minimum Gasteiger partial charge on any atom is -0.369 e. The Kier molecular flexibility index (Phi) is 8.46. The molecule has 0 spiro atoms. The Bertz CT molecular complexity index is 429. The van der Waals surface area contributed by atoms with E-state index in [1.807, 2.05) is 11.8 Å². The first kappa shape index (κ1) is 17.1. The van der Waals surface area contributed by atoms with Gasteiger partial charge in [-0.3, -0.25) is 4.79 Å². The molecule has 1 aromatic rings. The van der Waals surface area contributed by atoms with E-state index in [9.17, 15) is 4.79 Å². The summed E-state index contributed by atoms with van der Waals surface area (Å²) in [5.74, 6) is 1.64. The van der Waals surface area contributed by atoms with Crippen molar-refractivity contribution in [2.45, 2.75) is 26.2 Å². The molecule has 4 nitrogen and oxygen atoms in total. The molecule has 0 aliphatic heterocycles. The number of unbranched alkanes of at least 4 members (excludes halogenated alkanes) is 1. The molecule has 0 aliphatic carbocycles. The summed E-state index contributed by atoms with van der Waals surface area (Å²) in [7, 11) is 0. The summed E-state index contributed by atoms with van der Waals surface area (Å²) < 4.78 is 0. The van der Waals surface area contributed by atoms with Crippen molar-refractivity contribution in [1.29, 1.82) is 0 Å². The van der Waals surface area contributed by atoms with E-state index in [0.717, 1.165) is 31.6 Å². The van der Waals surface area contributed by atoms with Crippen LogP contribution in [0.3, 0.4) is 0 Å². The Hall–Kier alpha value is -0.940. The molecule has 20 heavy (non-hydrogen) atoms. The topological polar surface area (TPSA) is 54.0 Å². The van der Waals surface area contributed by atoms with Crippen LogP contribution in [0, 0.1) is 0 Å². The third kappa shape index (κ3) is 6.01. The summed E-state index contributed by atoms with van der Waals surface area (Å²) >= 11 is 7.92. The zero-order chi connectivity index (χ0) is 14.8. The molecule has 2 N–H and O–H groups in total. The number of anilines is 1. The molecule has 0 saturated carbocycles. The van der Waals surface area contributed by atoms with Gasteiger partial charge in [0.1, 0.15) is 5.82 Å². The molecule has 1 amide bonds. The molecule has 6 heteroatoms. The minimum atomic E-state index is -0.120. The van der Waals surface area contributed by atoms with E-state index in [2.05, 4.69) is 28.8 Å². The third-order valence-electron chi connectivity index (χ3n) is 2.71. The summed E-state index contributed by atoms with van der Waals surface area (Å²) in [4.78, 5) is 16.1. The first-order valence-electron chi connectivity index (χ1n) is 6.85. The molecule has 0 radical (unpaired) electrons. The summed E-state index contributed by atoms with van der Waals surface area (Å²) in [6, 6.07) is 1.66. The normalized spacial score (nSPS) is 10.3. The van der Waals surface area contributed by atoms with E-state index >= 15 is 0 Å². The van der Waals surface area contributed by atoms with Gasteiger partial charge in [0.15, 0.2) is 0 Å². The van der Waals surface area contributed by atoms with Crippen LogP contribution >= 0.6 is 23.4 Å². The Labute approximate surface area is 130 Å². The lowest BCUT2D eigenvalue weighted by atomic mass is 10.2. The van der Waals surface area contributed by atoms with Crippen molar-refractivity contribution in [3.63, 3.8) is 0 Å². The zero-order valence-electron chi connectivity index (χ0n) is 12.0. The second-order valence-electron chi connectivity index (χ2n) is 4.44. The molecule has 0 atom stereocenters. The highest BCUT2D eigenvalue weighted by Crippen LogP contribution is 2.19. The third-order valence-corrected chi connectivity index (χ3v) is 3.69. The monoisotopic (exact) mass is 315 g/mol. The van der Waals surface area contributed by atoms with Gasteiger partial charge < -0.3 is 10.6 Å². The predicted molar refractivity (Wildman–Crippen MR) is 88.0 cm³/mol. The van der Waals surface area contributed by atoms with Crippen molar-refractivity contribution < 1.29 is 4.79 Å². The number of nitrogens with one attached hydrogen (secondary N) is 2. The van der Waals surface area contributed by atoms with Crippen molar-refractivity contribution >= 4 is 35.1 Å². The number of thioether (sulfide) groups is 1. The number of halogens is 1. The highest BCUT2D eigenvalue weighted by atomic mass is 35.5. The van der Waals surface area contributed by atoms with Crippen molar-refractivity contribution in [2.75, 3.05) is 30.4 Å². The van der Waals surface area contributed by atoms with Gasteiger partial charge in [-0.2, -0.15) is 11.8 Å². The van der Waals surface area contributed by atoms with E-state index in [4.69, 9.17) is 11.6 Å². The standard InChI is InChI=1S/C14H22ClN3OS/c1-3-6-16-13-12(15)9-11(10-18-13)14(19)17-7-4-5-8-20-2/h9-10H,3-8H2,1-2H3,(H,16,18)(H,17,19). The quantitative estimate of drug-likeness (QED) is 0.686. The fraction of sp³-hybridized carbons (Fsp3) is 0.571. The zero-order valence-corrected chi connectivity index (χ0v) is 13.6. The Morgan fingerprint density at radius 3 is 2.85 bits per heavy atom. The molecule has 1 heterocycles. The van der Waals surface area contributed by atoms with Crippen molar-refractivity contribution in [1.82, 2.24) is 10.3 Å². The van der Waals surface area contributed by atoms with E-state index in [1.165, 1.54) is 0 Å². The molecule has 0 unspecified atom stereocenters. The second kappa shape index (κ2) is 9.88. The predicted octanol–water partition coefficient (Wildman–Crippen LogP) is 3.43. The van der Waals surface area contributed by atoms with Gasteiger partial charge in [0.2, 0.25) is 0 Å². The molecule has 1 aromatic heterocycles. The lowest BCUT2D eigenvalue weighted by molar-refractivity contribution is 0.0953. The first-order chi connectivity index (χ1) is 9.69. The molecule has 0 bridgehead atoms. The molecular weight excluding hydrogens is 294 g/mol. The number of carbonyl (C=O) groups excluding carboxylic acids is 1. The number of hydrogen-bond donors (Lipinski definition) is 2. The Morgan fingerprint density at radius 2 is 2.20 bits per heavy atom.